The van der Waals surface area contributed by atoms with Crippen LogP contribution in [0.25, 0.3) is 0 Å². The number of aryl methyl sites for hydroxylation is 1. The van der Waals surface area contributed by atoms with E-state index in [0.717, 1.165) is 36.7 Å². The highest BCUT2D eigenvalue weighted by Gasteiger charge is 2.13. The first-order valence-electron chi connectivity index (χ1n) is 5.64. The Labute approximate surface area is 96.2 Å². The fourth-order valence-corrected chi connectivity index (χ4v) is 1.91. The molecule has 4 nitrogen and oxygen atoms in total. The molecule has 0 aromatic carbocycles. The van der Waals surface area contributed by atoms with E-state index in [4.69, 9.17) is 5.73 Å². The lowest BCUT2D eigenvalue weighted by molar-refractivity contribution is 0.755. The van der Waals surface area contributed by atoms with Crippen molar-refractivity contribution in [2.24, 2.45) is 5.73 Å². The van der Waals surface area contributed by atoms with E-state index in [2.05, 4.69) is 27.9 Å². The van der Waals surface area contributed by atoms with Gasteiger partial charge in [0, 0.05) is 37.1 Å². The molecule has 0 aliphatic carbocycles. The van der Waals surface area contributed by atoms with Gasteiger partial charge in [-0.3, -0.25) is 0 Å². The highest BCUT2D eigenvalue weighted by Crippen LogP contribution is 2.16. The quantitative estimate of drug-likeness (QED) is 0.762. The van der Waals surface area contributed by atoms with Crippen LogP contribution >= 0.6 is 0 Å². The van der Waals surface area contributed by atoms with Crippen LogP contribution in [0.15, 0.2) is 17.8 Å². The number of aromatic nitrogens is 2. The zero-order valence-corrected chi connectivity index (χ0v) is 9.90. The van der Waals surface area contributed by atoms with Crippen molar-refractivity contribution in [1.29, 1.82) is 0 Å². The molecule has 2 rings (SSSR count). The minimum Gasteiger partial charge on any atom is -0.337 e. The SMILES string of the molecule is CC1=CCCN(c2ncc(CN)c(C)n2)C1. The fraction of sp³-hybridized carbons (Fsp3) is 0.500. The van der Waals surface area contributed by atoms with Gasteiger partial charge in [0.1, 0.15) is 0 Å². The van der Waals surface area contributed by atoms with Crippen LogP contribution in [-0.4, -0.2) is 23.1 Å². The lowest BCUT2D eigenvalue weighted by Gasteiger charge is -2.26. The summed E-state index contributed by atoms with van der Waals surface area (Å²) >= 11 is 0. The molecule has 0 atom stereocenters. The Bertz CT molecular complexity index is 411. The summed E-state index contributed by atoms with van der Waals surface area (Å²) in [6.45, 7) is 6.57. The third kappa shape index (κ3) is 2.22. The van der Waals surface area contributed by atoms with Crippen LogP contribution in [0, 0.1) is 6.92 Å². The first kappa shape index (κ1) is 11.1. The summed E-state index contributed by atoms with van der Waals surface area (Å²) in [5.41, 5.74) is 8.99. The van der Waals surface area contributed by atoms with E-state index < -0.39 is 0 Å². The zero-order valence-electron chi connectivity index (χ0n) is 9.90. The van der Waals surface area contributed by atoms with Gasteiger partial charge < -0.3 is 10.6 Å². The number of hydrogen-bond acceptors (Lipinski definition) is 4. The van der Waals surface area contributed by atoms with Gasteiger partial charge in [0.05, 0.1) is 0 Å². The van der Waals surface area contributed by atoms with Crippen LogP contribution < -0.4 is 10.6 Å². The predicted octanol–water partition coefficient (Wildman–Crippen LogP) is 1.40. The second kappa shape index (κ2) is 4.61. The summed E-state index contributed by atoms with van der Waals surface area (Å²) in [4.78, 5) is 11.1. The number of nitrogens with two attached hydrogens (primary N) is 1. The van der Waals surface area contributed by atoms with Gasteiger partial charge >= 0.3 is 0 Å². The van der Waals surface area contributed by atoms with E-state index in [0.29, 0.717) is 6.54 Å². The Morgan fingerprint density at radius 1 is 1.44 bits per heavy atom. The van der Waals surface area contributed by atoms with E-state index in [9.17, 15) is 0 Å². The number of rotatable bonds is 2. The van der Waals surface area contributed by atoms with Gasteiger partial charge in [0.15, 0.2) is 0 Å². The average molecular weight is 218 g/mol. The predicted molar refractivity (Wildman–Crippen MR) is 65.2 cm³/mol. The summed E-state index contributed by atoms with van der Waals surface area (Å²) in [7, 11) is 0. The number of hydrogen-bond donors (Lipinski definition) is 1. The van der Waals surface area contributed by atoms with Crippen molar-refractivity contribution in [3.63, 3.8) is 0 Å². The maximum atomic E-state index is 5.60. The van der Waals surface area contributed by atoms with Crippen molar-refractivity contribution in [2.45, 2.75) is 26.8 Å². The van der Waals surface area contributed by atoms with Crippen molar-refractivity contribution in [2.75, 3.05) is 18.0 Å². The van der Waals surface area contributed by atoms with E-state index in [1.807, 2.05) is 13.1 Å². The molecule has 0 spiro atoms. The molecule has 1 aliphatic heterocycles. The summed E-state index contributed by atoms with van der Waals surface area (Å²) in [5.74, 6) is 0.821. The molecule has 0 unspecified atom stereocenters. The molecule has 0 amide bonds. The summed E-state index contributed by atoms with van der Waals surface area (Å²) in [6.07, 6.45) is 5.19. The van der Waals surface area contributed by atoms with Crippen LogP contribution in [-0.2, 0) is 6.54 Å². The van der Waals surface area contributed by atoms with Crippen molar-refractivity contribution < 1.29 is 0 Å². The molecule has 16 heavy (non-hydrogen) atoms. The molecule has 1 aromatic heterocycles. The number of nitrogens with zero attached hydrogens (tertiary/aromatic N) is 3. The molecule has 4 heteroatoms. The Balaban J connectivity index is 2.21. The second-order valence-corrected chi connectivity index (χ2v) is 4.25. The largest absolute Gasteiger partial charge is 0.337 e. The van der Waals surface area contributed by atoms with E-state index >= 15 is 0 Å². The molecular formula is C12H18N4. The van der Waals surface area contributed by atoms with Gasteiger partial charge in [-0.1, -0.05) is 11.6 Å². The second-order valence-electron chi connectivity index (χ2n) is 4.25. The highest BCUT2D eigenvalue weighted by atomic mass is 15.2. The van der Waals surface area contributed by atoms with E-state index in [1.165, 1.54) is 5.57 Å². The third-order valence-electron chi connectivity index (χ3n) is 2.90. The summed E-state index contributed by atoms with van der Waals surface area (Å²) in [5, 5.41) is 0. The van der Waals surface area contributed by atoms with Crippen LogP contribution in [0.2, 0.25) is 0 Å². The fourth-order valence-electron chi connectivity index (χ4n) is 1.91. The Morgan fingerprint density at radius 2 is 2.25 bits per heavy atom. The first-order chi connectivity index (χ1) is 7.70. The Kier molecular flexibility index (Phi) is 3.19. The average Bonchev–Trinajstić information content (AvgIpc) is 2.29. The monoisotopic (exact) mass is 218 g/mol. The van der Waals surface area contributed by atoms with E-state index in [1.54, 1.807) is 0 Å². The molecule has 0 saturated carbocycles. The minimum atomic E-state index is 0.505. The molecule has 86 valence electrons. The van der Waals surface area contributed by atoms with Crippen LogP contribution in [0.1, 0.15) is 24.6 Å². The summed E-state index contributed by atoms with van der Waals surface area (Å²) in [6, 6.07) is 0. The maximum Gasteiger partial charge on any atom is 0.225 e. The Morgan fingerprint density at radius 3 is 2.88 bits per heavy atom. The molecule has 0 bridgehead atoms. The molecular weight excluding hydrogens is 200 g/mol. The van der Waals surface area contributed by atoms with Gasteiger partial charge in [0.2, 0.25) is 5.95 Å². The maximum absolute atomic E-state index is 5.60. The summed E-state index contributed by atoms with van der Waals surface area (Å²) < 4.78 is 0. The van der Waals surface area contributed by atoms with Crippen molar-refractivity contribution in [3.05, 3.63) is 29.1 Å². The van der Waals surface area contributed by atoms with Crippen LogP contribution in [0.4, 0.5) is 5.95 Å². The van der Waals surface area contributed by atoms with Gasteiger partial charge in [0.25, 0.3) is 0 Å². The van der Waals surface area contributed by atoms with Gasteiger partial charge in [-0.25, -0.2) is 9.97 Å². The van der Waals surface area contributed by atoms with Crippen LogP contribution in [0.3, 0.4) is 0 Å². The lowest BCUT2D eigenvalue weighted by atomic mass is 10.1. The highest BCUT2D eigenvalue weighted by molar-refractivity contribution is 5.36. The van der Waals surface area contributed by atoms with Gasteiger partial charge in [-0.2, -0.15) is 0 Å². The van der Waals surface area contributed by atoms with Gasteiger partial charge in [-0.05, 0) is 20.3 Å². The molecule has 1 aliphatic rings. The van der Waals surface area contributed by atoms with E-state index in [-0.39, 0.29) is 0 Å². The lowest BCUT2D eigenvalue weighted by Crippen LogP contribution is -2.31. The molecule has 0 radical (unpaired) electrons. The molecule has 2 N–H and O–H groups in total. The molecule has 2 heterocycles. The number of anilines is 1. The van der Waals surface area contributed by atoms with Crippen molar-refractivity contribution in [3.8, 4) is 0 Å². The topological polar surface area (TPSA) is 55.0 Å². The van der Waals surface area contributed by atoms with Crippen molar-refractivity contribution in [1.82, 2.24) is 9.97 Å². The minimum absolute atomic E-state index is 0.505. The molecule has 1 aromatic rings. The van der Waals surface area contributed by atoms with Crippen molar-refractivity contribution >= 4 is 5.95 Å². The first-order valence-corrected chi connectivity index (χ1v) is 5.64. The molecule has 0 fully saturated rings. The van der Waals surface area contributed by atoms with Crippen LogP contribution in [0.5, 0.6) is 0 Å². The Hall–Kier alpha value is -1.42. The smallest absolute Gasteiger partial charge is 0.225 e. The third-order valence-corrected chi connectivity index (χ3v) is 2.90. The standard InChI is InChI=1S/C12H18N4/c1-9-4-3-5-16(8-9)12-14-7-11(6-13)10(2)15-12/h4,7H,3,5-6,8,13H2,1-2H3. The van der Waals surface area contributed by atoms with Gasteiger partial charge in [-0.15, -0.1) is 0 Å². The zero-order chi connectivity index (χ0) is 11.5. The molecule has 0 saturated heterocycles. The normalized spacial score (nSPS) is 16.2.